The first-order chi connectivity index (χ1) is 8.52. The van der Waals surface area contributed by atoms with Gasteiger partial charge in [-0.25, -0.2) is 15.8 Å². The molecule has 1 aromatic rings. The molecular weight excluding hydrogens is 235 g/mol. The minimum absolute atomic E-state index is 0.0450. The Morgan fingerprint density at radius 3 is 2.72 bits per heavy atom. The highest BCUT2D eigenvalue weighted by Gasteiger charge is 2.26. The molecule has 0 saturated carbocycles. The molecule has 1 atom stereocenters. The van der Waals surface area contributed by atoms with Gasteiger partial charge in [-0.3, -0.25) is 0 Å². The third-order valence-electron chi connectivity index (χ3n) is 3.18. The van der Waals surface area contributed by atoms with E-state index in [9.17, 15) is 4.39 Å². The van der Waals surface area contributed by atoms with Crippen molar-refractivity contribution in [1.82, 2.24) is 14.9 Å². The predicted octanol–water partition coefficient (Wildman–Crippen LogP) is 0.350. The number of likely N-dealkylation sites (N-methyl/N-ethyl adjacent to an activating group) is 1. The summed E-state index contributed by atoms with van der Waals surface area (Å²) in [6, 6.07) is 0.207. The summed E-state index contributed by atoms with van der Waals surface area (Å²) < 4.78 is 14.2. The smallest absolute Gasteiger partial charge is 0.209 e. The quantitative estimate of drug-likeness (QED) is 0.586. The van der Waals surface area contributed by atoms with Crippen molar-refractivity contribution in [3.63, 3.8) is 0 Å². The summed E-state index contributed by atoms with van der Waals surface area (Å²) in [5.41, 5.74) is 2.28. The molecule has 1 saturated heterocycles. The molecule has 18 heavy (non-hydrogen) atoms. The Morgan fingerprint density at radius 2 is 2.11 bits per heavy atom. The van der Waals surface area contributed by atoms with Crippen LogP contribution in [0.3, 0.4) is 0 Å². The lowest BCUT2D eigenvalue weighted by Crippen LogP contribution is -2.51. The summed E-state index contributed by atoms with van der Waals surface area (Å²) in [6.45, 7) is 6.30. The molecule has 0 aliphatic carbocycles. The van der Waals surface area contributed by atoms with Crippen molar-refractivity contribution in [3.05, 3.63) is 11.6 Å². The molecule has 3 N–H and O–H groups in total. The van der Waals surface area contributed by atoms with E-state index >= 15 is 0 Å². The fourth-order valence-corrected chi connectivity index (χ4v) is 2.28. The van der Waals surface area contributed by atoms with Crippen LogP contribution in [0, 0.1) is 12.7 Å². The first-order valence-corrected chi connectivity index (χ1v) is 5.99. The molecule has 1 aliphatic rings. The Morgan fingerprint density at radius 1 is 1.39 bits per heavy atom. The molecule has 0 aromatic carbocycles. The summed E-state index contributed by atoms with van der Waals surface area (Å²) in [5.74, 6) is 5.66. The standard InChI is InChI=1S/C11H19FN6/c1-7-6-17(3)4-5-18(7)11-9(12)10(16-13)14-8(2)15-11/h7H,4-6,13H2,1-3H3,(H,14,15,16)/t7-/m1/s1. The number of nitrogens with zero attached hydrogens (tertiary/aromatic N) is 4. The van der Waals surface area contributed by atoms with Crippen LogP contribution in [0.5, 0.6) is 0 Å². The van der Waals surface area contributed by atoms with Gasteiger partial charge in [0.15, 0.2) is 11.6 Å². The fourth-order valence-electron chi connectivity index (χ4n) is 2.28. The highest BCUT2D eigenvalue weighted by atomic mass is 19.1. The average molecular weight is 254 g/mol. The molecule has 0 spiro atoms. The van der Waals surface area contributed by atoms with Gasteiger partial charge in [0.2, 0.25) is 5.82 Å². The van der Waals surface area contributed by atoms with Gasteiger partial charge in [-0.2, -0.15) is 4.39 Å². The van der Waals surface area contributed by atoms with Crippen molar-refractivity contribution in [1.29, 1.82) is 0 Å². The molecule has 6 nitrogen and oxygen atoms in total. The van der Waals surface area contributed by atoms with E-state index in [4.69, 9.17) is 5.84 Å². The Hall–Kier alpha value is -1.47. The number of piperazine rings is 1. The highest BCUT2D eigenvalue weighted by molar-refractivity contribution is 5.52. The Labute approximate surface area is 106 Å². The molecular formula is C11H19FN6. The number of hydrogen-bond donors (Lipinski definition) is 2. The normalized spacial score (nSPS) is 21.2. The maximum Gasteiger partial charge on any atom is 0.209 e. The molecule has 0 unspecified atom stereocenters. The van der Waals surface area contributed by atoms with E-state index in [0.717, 1.165) is 19.6 Å². The van der Waals surface area contributed by atoms with E-state index in [1.54, 1.807) is 6.92 Å². The van der Waals surface area contributed by atoms with Crippen molar-refractivity contribution in [3.8, 4) is 0 Å². The van der Waals surface area contributed by atoms with Gasteiger partial charge in [-0.05, 0) is 20.9 Å². The fraction of sp³-hybridized carbons (Fsp3) is 0.636. The maximum atomic E-state index is 14.2. The lowest BCUT2D eigenvalue weighted by molar-refractivity contribution is 0.273. The van der Waals surface area contributed by atoms with Crippen LogP contribution in [0.1, 0.15) is 12.7 Å². The van der Waals surface area contributed by atoms with Crippen LogP contribution in [0.4, 0.5) is 16.0 Å². The number of hydrogen-bond acceptors (Lipinski definition) is 6. The number of rotatable bonds is 2. The topological polar surface area (TPSA) is 70.3 Å². The molecule has 1 aromatic heterocycles. The van der Waals surface area contributed by atoms with E-state index in [0.29, 0.717) is 11.6 Å². The molecule has 1 aliphatic heterocycles. The number of nitrogens with one attached hydrogen (secondary N) is 1. The largest absolute Gasteiger partial charge is 0.349 e. The Kier molecular flexibility index (Phi) is 3.63. The zero-order valence-corrected chi connectivity index (χ0v) is 10.9. The number of aryl methyl sites for hydroxylation is 1. The van der Waals surface area contributed by atoms with E-state index in [2.05, 4.69) is 34.3 Å². The number of halogens is 1. The van der Waals surface area contributed by atoms with Gasteiger partial charge in [0.25, 0.3) is 0 Å². The predicted molar refractivity (Wildman–Crippen MR) is 68.8 cm³/mol. The summed E-state index contributed by atoms with van der Waals surface area (Å²) >= 11 is 0. The molecule has 0 bridgehead atoms. The third-order valence-corrected chi connectivity index (χ3v) is 3.18. The van der Waals surface area contributed by atoms with Gasteiger partial charge in [-0.1, -0.05) is 0 Å². The van der Waals surface area contributed by atoms with Crippen LogP contribution in [0.2, 0.25) is 0 Å². The number of aromatic nitrogens is 2. The van der Waals surface area contributed by atoms with Crippen molar-refractivity contribution in [2.45, 2.75) is 19.9 Å². The number of nitrogens with two attached hydrogens (primary N) is 1. The number of hydrazine groups is 1. The zero-order valence-electron chi connectivity index (χ0n) is 10.9. The zero-order chi connectivity index (χ0) is 13.3. The Bertz CT molecular complexity index is 438. The van der Waals surface area contributed by atoms with Gasteiger partial charge < -0.3 is 15.2 Å². The summed E-state index contributed by atoms with van der Waals surface area (Å²) in [5, 5.41) is 0. The van der Waals surface area contributed by atoms with Crippen LogP contribution < -0.4 is 16.2 Å². The lowest BCUT2D eigenvalue weighted by Gasteiger charge is -2.39. The number of nitrogen functional groups attached to an aromatic ring is 1. The monoisotopic (exact) mass is 254 g/mol. The molecule has 2 heterocycles. The minimum Gasteiger partial charge on any atom is -0.349 e. The minimum atomic E-state index is -0.487. The van der Waals surface area contributed by atoms with Gasteiger partial charge in [0.05, 0.1) is 0 Å². The second-order valence-corrected chi connectivity index (χ2v) is 4.71. The van der Waals surface area contributed by atoms with Gasteiger partial charge in [0, 0.05) is 25.7 Å². The van der Waals surface area contributed by atoms with Crippen LogP contribution >= 0.6 is 0 Å². The number of anilines is 2. The molecule has 1 fully saturated rings. The van der Waals surface area contributed by atoms with Crippen LogP contribution in [-0.4, -0.2) is 47.6 Å². The molecule has 7 heteroatoms. The first kappa shape index (κ1) is 13.0. The van der Waals surface area contributed by atoms with E-state index in [1.807, 2.05) is 4.90 Å². The van der Waals surface area contributed by atoms with E-state index in [-0.39, 0.29) is 11.9 Å². The highest BCUT2D eigenvalue weighted by Crippen LogP contribution is 2.25. The van der Waals surface area contributed by atoms with E-state index in [1.165, 1.54) is 0 Å². The van der Waals surface area contributed by atoms with Gasteiger partial charge >= 0.3 is 0 Å². The van der Waals surface area contributed by atoms with Crippen molar-refractivity contribution >= 4 is 11.6 Å². The summed E-state index contributed by atoms with van der Waals surface area (Å²) in [7, 11) is 2.06. The summed E-state index contributed by atoms with van der Waals surface area (Å²) in [6.07, 6.45) is 0. The SMILES string of the molecule is Cc1nc(NN)c(F)c(N2CCN(C)C[C@H]2C)n1. The van der Waals surface area contributed by atoms with Crippen molar-refractivity contribution < 1.29 is 4.39 Å². The third kappa shape index (κ3) is 2.37. The molecule has 100 valence electrons. The van der Waals surface area contributed by atoms with Crippen LogP contribution in [0.15, 0.2) is 0 Å². The van der Waals surface area contributed by atoms with Crippen molar-refractivity contribution in [2.24, 2.45) is 5.84 Å². The molecule has 0 radical (unpaired) electrons. The van der Waals surface area contributed by atoms with Crippen LogP contribution in [-0.2, 0) is 0 Å². The average Bonchev–Trinajstić information content (AvgIpc) is 2.32. The Balaban J connectivity index is 2.35. The summed E-state index contributed by atoms with van der Waals surface area (Å²) in [4.78, 5) is 12.3. The van der Waals surface area contributed by atoms with Crippen molar-refractivity contribution in [2.75, 3.05) is 37.0 Å². The lowest BCUT2D eigenvalue weighted by atomic mass is 10.2. The molecule has 0 amide bonds. The van der Waals surface area contributed by atoms with E-state index < -0.39 is 5.82 Å². The maximum absolute atomic E-state index is 14.2. The first-order valence-electron chi connectivity index (χ1n) is 5.99. The van der Waals surface area contributed by atoms with Gasteiger partial charge in [-0.15, -0.1) is 0 Å². The second kappa shape index (κ2) is 5.03. The second-order valence-electron chi connectivity index (χ2n) is 4.71. The van der Waals surface area contributed by atoms with Crippen LogP contribution in [0.25, 0.3) is 0 Å². The van der Waals surface area contributed by atoms with Gasteiger partial charge in [0.1, 0.15) is 5.82 Å². The molecule has 2 rings (SSSR count).